The summed E-state index contributed by atoms with van der Waals surface area (Å²) in [5.74, 6) is -0.267. The topological polar surface area (TPSA) is 55.4 Å². The van der Waals surface area contributed by atoms with Gasteiger partial charge in [0.05, 0.1) is 6.10 Å². The number of ether oxygens (including phenoxy) is 1. The van der Waals surface area contributed by atoms with E-state index in [2.05, 4.69) is 35.6 Å². The molecule has 4 rings (SSSR count). The van der Waals surface area contributed by atoms with Crippen LogP contribution in [-0.2, 0) is 9.53 Å². The standard InChI is InChI=1S/C27H29NO3S/c1-15(2)31-27(30)24-23(20-13-16(3)11-12-17(20)4)18(5)32-26(24)28-25(29)22-14-21(22)19-9-7-6-8-10-19/h6-13,15,21-22H,14H2,1-5H3,(H,28,29)/t21-,22-/m0/s1. The predicted molar refractivity (Wildman–Crippen MR) is 130 cm³/mol. The number of hydrogen-bond acceptors (Lipinski definition) is 4. The third-order valence-electron chi connectivity index (χ3n) is 5.89. The second kappa shape index (κ2) is 8.91. The third-order valence-corrected chi connectivity index (χ3v) is 6.91. The molecular weight excluding hydrogens is 418 g/mol. The molecule has 5 heteroatoms. The largest absolute Gasteiger partial charge is 0.459 e. The van der Waals surface area contributed by atoms with Crippen molar-refractivity contribution in [3.05, 3.63) is 75.7 Å². The molecule has 0 bridgehead atoms. The molecule has 166 valence electrons. The molecular formula is C27H29NO3S. The van der Waals surface area contributed by atoms with Crippen LogP contribution in [0.2, 0.25) is 0 Å². The predicted octanol–water partition coefficient (Wildman–Crippen LogP) is 6.65. The Morgan fingerprint density at radius 2 is 1.78 bits per heavy atom. The van der Waals surface area contributed by atoms with E-state index >= 15 is 0 Å². The van der Waals surface area contributed by atoms with Crippen LogP contribution in [0.4, 0.5) is 5.00 Å². The van der Waals surface area contributed by atoms with Crippen LogP contribution in [0, 0.1) is 26.7 Å². The van der Waals surface area contributed by atoms with Crippen molar-refractivity contribution in [2.24, 2.45) is 5.92 Å². The molecule has 1 aromatic heterocycles. The van der Waals surface area contributed by atoms with Gasteiger partial charge in [-0.15, -0.1) is 11.3 Å². The molecule has 32 heavy (non-hydrogen) atoms. The Bertz CT molecular complexity index is 1160. The highest BCUT2D eigenvalue weighted by Gasteiger charge is 2.44. The highest BCUT2D eigenvalue weighted by Crippen LogP contribution is 2.49. The summed E-state index contributed by atoms with van der Waals surface area (Å²) >= 11 is 1.44. The SMILES string of the molecule is Cc1ccc(C)c(-c2c(C)sc(NC(=O)[C@H]3C[C@H]3c3ccccc3)c2C(=O)OC(C)C)c1. The Balaban J connectivity index is 1.68. The minimum Gasteiger partial charge on any atom is -0.459 e. The fraction of sp³-hybridized carbons (Fsp3) is 0.333. The van der Waals surface area contributed by atoms with E-state index in [1.807, 2.05) is 52.8 Å². The fourth-order valence-corrected chi connectivity index (χ4v) is 5.25. The first kappa shape index (κ1) is 22.3. The maximum atomic E-state index is 13.2. The molecule has 1 heterocycles. The summed E-state index contributed by atoms with van der Waals surface area (Å²) in [5, 5.41) is 3.65. The summed E-state index contributed by atoms with van der Waals surface area (Å²) in [6.07, 6.45) is 0.583. The molecule has 0 saturated heterocycles. The lowest BCUT2D eigenvalue weighted by molar-refractivity contribution is -0.117. The average Bonchev–Trinajstić information content (AvgIpc) is 3.48. The number of anilines is 1. The van der Waals surface area contributed by atoms with E-state index in [4.69, 9.17) is 4.74 Å². The van der Waals surface area contributed by atoms with Crippen LogP contribution in [0.25, 0.3) is 11.1 Å². The van der Waals surface area contributed by atoms with Gasteiger partial charge in [-0.05, 0) is 63.6 Å². The van der Waals surface area contributed by atoms with Crippen molar-refractivity contribution >= 4 is 28.2 Å². The fourth-order valence-electron chi connectivity index (χ4n) is 4.19. The molecule has 0 aliphatic heterocycles. The highest BCUT2D eigenvalue weighted by molar-refractivity contribution is 7.17. The minimum atomic E-state index is -0.397. The van der Waals surface area contributed by atoms with Gasteiger partial charge in [-0.1, -0.05) is 54.1 Å². The van der Waals surface area contributed by atoms with Gasteiger partial charge in [-0.2, -0.15) is 0 Å². The number of thiophene rings is 1. The Morgan fingerprint density at radius 3 is 2.47 bits per heavy atom. The first-order valence-electron chi connectivity index (χ1n) is 11.0. The lowest BCUT2D eigenvalue weighted by Gasteiger charge is -2.13. The molecule has 0 radical (unpaired) electrons. The number of carbonyl (C=O) groups excluding carboxylic acids is 2. The molecule has 1 saturated carbocycles. The zero-order chi connectivity index (χ0) is 23.0. The number of esters is 1. The molecule has 1 amide bonds. The van der Waals surface area contributed by atoms with E-state index in [1.54, 1.807) is 0 Å². The number of amides is 1. The van der Waals surface area contributed by atoms with E-state index in [0.717, 1.165) is 33.6 Å². The summed E-state index contributed by atoms with van der Waals surface area (Å²) in [4.78, 5) is 27.2. The van der Waals surface area contributed by atoms with Crippen molar-refractivity contribution in [3.63, 3.8) is 0 Å². The van der Waals surface area contributed by atoms with Crippen LogP contribution in [0.15, 0.2) is 48.5 Å². The summed E-state index contributed by atoms with van der Waals surface area (Å²) in [6.45, 7) is 9.74. The number of hydrogen-bond donors (Lipinski definition) is 1. The lowest BCUT2D eigenvalue weighted by atomic mass is 9.95. The Morgan fingerprint density at radius 1 is 1.06 bits per heavy atom. The third kappa shape index (κ3) is 4.49. The minimum absolute atomic E-state index is 0.0359. The van der Waals surface area contributed by atoms with E-state index in [1.165, 1.54) is 16.9 Å². The molecule has 0 spiro atoms. The normalized spacial score (nSPS) is 17.3. The second-order valence-corrected chi connectivity index (χ2v) is 10.1. The van der Waals surface area contributed by atoms with Gasteiger partial charge < -0.3 is 10.1 Å². The van der Waals surface area contributed by atoms with E-state index in [9.17, 15) is 9.59 Å². The second-order valence-electron chi connectivity index (χ2n) is 8.86. The van der Waals surface area contributed by atoms with Gasteiger partial charge in [-0.3, -0.25) is 4.79 Å². The number of benzene rings is 2. The molecule has 1 N–H and O–H groups in total. The molecule has 3 aromatic rings. The summed E-state index contributed by atoms with van der Waals surface area (Å²) in [6, 6.07) is 16.3. The van der Waals surface area contributed by atoms with Crippen molar-refractivity contribution in [3.8, 4) is 11.1 Å². The van der Waals surface area contributed by atoms with Gasteiger partial charge >= 0.3 is 5.97 Å². The van der Waals surface area contributed by atoms with Gasteiger partial charge in [0.25, 0.3) is 0 Å². The van der Waals surface area contributed by atoms with E-state index in [-0.39, 0.29) is 23.8 Å². The van der Waals surface area contributed by atoms with Crippen LogP contribution in [0.5, 0.6) is 0 Å². The Kier molecular flexibility index (Phi) is 6.20. The molecule has 1 aliphatic rings. The number of aryl methyl sites for hydroxylation is 3. The van der Waals surface area contributed by atoms with Gasteiger partial charge in [-0.25, -0.2) is 4.79 Å². The first-order chi connectivity index (χ1) is 15.3. The Hall–Kier alpha value is -2.92. The van der Waals surface area contributed by atoms with Crippen LogP contribution in [-0.4, -0.2) is 18.0 Å². The van der Waals surface area contributed by atoms with Gasteiger partial charge in [0.1, 0.15) is 10.6 Å². The molecule has 1 fully saturated rings. The van der Waals surface area contributed by atoms with Gasteiger partial charge in [0, 0.05) is 16.4 Å². The van der Waals surface area contributed by atoms with Crippen molar-refractivity contribution in [1.29, 1.82) is 0 Å². The molecule has 2 aromatic carbocycles. The summed E-state index contributed by atoms with van der Waals surface area (Å²) < 4.78 is 5.59. The Labute approximate surface area is 193 Å². The van der Waals surface area contributed by atoms with Crippen LogP contribution < -0.4 is 5.32 Å². The van der Waals surface area contributed by atoms with Crippen molar-refractivity contribution in [1.82, 2.24) is 0 Å². The first-order valence-corrected chi connectivity index (χ1v) is 11.9. The number of nitrogens with one attached hydrogen (secondary N) is 1. The average molecular weight is 448 g/mol. The monoisotopic (exact) mass is 447 g/mol. The lowest BCUT2D eigenvalue weighted by Crippen LogP contribution is -2.18. The van der Waals surface area contributed by atoms with Crippen molar-refractivity contribution in [2.45, 2.75) is 53.1 Å². The zero-order valence-electron chi connectivity index (χ0n) is 19.2. The molecule has 2 atom stereocenters. The van der Waals surface area contributed by atoms with Crippen LogP contribution >= 0.6 is 11.3 Å². The molecule has 0 unspecified atom stereocenters. The maximum absolute atomic E-state index is 13.2. The van der Waals surface area contributed by atoms with Crippen LogP contribution in [0.1, 0.15) is 58.1 Å². The van der Waals surface area contributed by atoms with Crippen LogP contribution in [0.3, 0.4) is 0 Å². The molecule has 1 aliphatic carbocycles. The quantitative estimate of drug-likeness (QED) is 0.431. The highest BCUT2D eigenvalue weighted by atomic mass is 32.1. The van der Waals surface area contributed by atoms with Gasteiger partial charge in [0.2, 0.25) is 5.91 Å². The van der Waals surface area contributed by atoms with Gasteiger partial charge in [0.15, 0.2) is 0 Å². The number of carbonyl (C=O) groups is 2. The smallest absolute Gasteiger partial charge is 0.342 e. The van der Waals surface area contributed by atoms with E-state index in [0.29, 0.717) is 10.6 Å². The van der Waals surface area contributed by atoms with E-state index < -0.39 is 5.97 Å². The maximum Gasteiger partial charge on any atom is 0.342 e. The summed E-state index contributed by atoms with van der Waals surface area (Å²) in [7, 11) is 0. The molecule has 4 nitrogen and oxygen atoms in total. The van der Waals surface area contributed by atoms with Crippen molar-refractivity contribution < 1.29 is 14.3 Å². The van der Waals surface area contributed by atoms with Crippen molar-refractivity contribution in [2.75, 3.05) is 5.32 Å². The zero-order valence-corrected chi connectivity index (χ0v) is 20.0. The summed E-state index contributed by atoms with van der Waals surface area (Å²) in [5.41, 5.74) is 5.70. The number of rotatable bonds is 6.